The van der Waals surface area contributed by atoms with E-state index in [0.717, 1.165) is 16.7 Å². The molecule has 0 saturated heterocycles. The number of halogens is 1. The number of benzene rings is 1. The standard InChI is InChI=1S/C10H7ClN2O2S/c1-13-15-9-5-14-8-3-2-6(11)4-7(8)10(9)12-16-13/h2-5H,1H3. The van der Waals surface area contributed by atoms with Crippen molar-refractivity contribution in [2.75, 3.05) is 0 Å². The highest BCUT2D eigenvalue weighted by molar-refractivity contribution is 6.99. The molecule has 0 spiro atoms. The summed E-state index contributed by atoms with van der Waals surface area (Å²) in [5.41, 5.74) is 1.49. The Morgan fingerprint density at radius 3 is 3.19 bits per heavy atom. The zero-order chi connectivity index (χ0) is 11.1. The molecule has 2 aliphatic heterocycles. The topological polar surface area (TPSA) is 44.1 Å². The van der Waals surface area contributed by atoms with E-state index in [4.69, 9.17) is 20.5 Å². The third-order valence-electron chi connectivity index (χ3n) is 2.20. The van der Waals surface area contributed by atoms with E-state index in [1.807, 2.05) is 12.1 Å². The van der Waals surface area contributed by atoms with E-state index in [-0.39, 0.29) is 0 Å². The summed E-state index contributed by atoms with van der Waals surface area (Å²) >= 11 is 7.18. The summed E-state index contributed by atoms with van der Waals surface area (Å²) in [4.78, 5) is 0. The van der Waals surface area contributed by atoms with Crippen LogP contribution >= 0.6 is 23.3 Å². The quantitative estimate of drug-likeness (QED) is 0.575. The van der Waals surface area contributed by atoms with Crippen LogP contribution in [0.2, 0.25) is 5.02 Å². The molecule has 6 heteroatoms. The van der Waals surface area contributed by atoms with Gasteiger partial charge >= 0.3 is 0 Å². The first kappa shape index (κ1) is 9.74. The monoisotopic (exact) mass is 254 g/mol. The molecule has 0 aromatic heterocycles. The molecule has 0 fully saturated rings. The number of hydrogen-bond donors (Lipinski definition) is 0. The molecule has 0 amide bonds. The fourth-order valence-corrected chi connectivity index (χ4v) is 2.18. The van der Waals surface area contributed by atoms with Gasteiger partial charge in [-0.25, -0.2) is 0 Å². The van der Waals surface area contributed by atoms with Crippen LogP contribution in [0.25, 0.3) is 22.4 Å². The predicted molar refractivity (Wildman–Crippen MR) is 62.4 cm³/mol. The maximum absolute atomic E-state index is 5.95. The molecule has 0 N–H and O–H groups in total. The minimum atomic E-state index is 0.594. The summed E-state index contributed by atoms with van der Waals surface area (Å²) in [6.45, 7) is 0. The Hall–Kier alpha value is -1.46. The first-order chi connectivity index (χ1) is 7.74. The minimum Gasteiger partial charge on any atom is -0.460 e. The maximum atomic E-state index is 5.95. The van der Waals surface area contributed by atoms with E-state index in [0.29, 0.717) is 10.8 Å². The Morgan fingerprint density at radius 2 is 2.31 bits per heavy atom. The summed E-state index contributed by atoms with van der Waals surface area (Å²) in [5.74, 6) is 0.594. The smallest absolute Gasteiger partial charge is 0.218 e. The fourth-order valence-electron chi connectivity index (χ4n) is 1.51. The maximum Gasteiger partial charge on any atom is 0.218 e. The number of aryl methyl sites for hydroxylation is 1. The van der Waals surface area contributed by atoms with E-state index in [1.165, 1.54) is 11.7 Å². The summed E-state index contributed by atoms with van der Waals surface area (Å²) in [7, 11) is 1.78. The molecule has 0 atom stereocenters. The van der Waals surface area contributed by atoms with Crippen molar-refractivity contribution in [1.29, 1.82) is 0 Å². The molecule has 1 aromatic carbocycles. The molecule has 0 bridgehead atoms. The molecular formula is C10H7ClN2O2S. The van der Waals surface area contributed by atoms with E-state index in [1.54, 1.807) is 23.5 Å². The van der Waals surface area contributed by atoms with Crippen LogP contribution in [0.1, 0.15) is 0 Å². The van der Waals surface area contributed by atoms with Crippen molar-refractivity contribution in [3.05, 3.63) is 29.5 Å². The number of rotatable bonds is 0. The molecule has 1 aromatic rings. The lowest BCUT2D eigenvalue weighted by molar-refractivity contribution is 0.325. The SMILES string of the molecule is Cn1oc2coc3ccc(Cl)cc3c-2ns1. The molecule has 2 heterocycles. The van der Waals surface area contributed by atoms with Crippen molar-refractivity contribution in [2.45, 2.75) is 0 Å². The summed E-state index contributed by atoms with van der Waals surface area (Å²) in [6, 6.07) is 5.41. The Kier molecular flexibility index (Phi) is 2.15. The largest absolute Gasteiger partial charge is 0.460 e. The highest BCUT2D eigenvalue weighted by Crippen LogP contribution is 2.30. The van der Waals surface area contributed by atoms with Gasteiger partial charge in [-0.3, -0.25) is 0 Å². The fraction of sp³-hybridized carbons (Fsp3) is 0.100. The molecule has 0 aliphatic carbocycles. The Balaban J connectivity index is 2.47. The van der Waals surface area contributed by atoms with Gasteiger partial charge in [0.05, 0.1) is 18.8 Å². The molecule has 16 heavy (non-hydrogen) atoms. The number of nitrogens with zero attached hydrogens (tertiary/aromatic N) is 2. The van der Waals surface area contributed by atoms with Crippen molar-refractivity contribution >= 4 is 34.3 Å². The zero-order valence-corrected chi connectivity index (χ0v) is 9.88. The second-order valence-electron chi connectivity index (χ2n) is 3.29. The predicted octanol–water partition coefficient (Wildman–Crippen LogP) is 3.70. The minimum absolute atomic E-state index is 0.594. The molecule has 3 rings (SSSR count). The van der Waals surface area contributed by atoms with Gasteiger partial charge in [0.2, 0.25) is 5.76 Å². The van der Waals surface area contributed by atoms with Gasteiger partial charge in [0.1, 0.15) is 17.5 Å². The first-order valence-electron chi connectivity index (χ1n) is 4.58. The van der Waals surface area contributed by atoms with Gasteiger partial charge in [-0.2, -0.15) is 4.37 Å². The molecule has 0 saturated carbocycles. The second kappa shape index (κ2) is 3.54. The van der Waals surface area contributed by atoms with Gasteiger partial charge in [0.15, 0.2) is 0 Å². The molecule has 4 nitrogen and oxygen atoms in total. The molecule has 82 valence electrons. The third kappa shape index (κ3) is 1.48. The van der Waals surface area contributed by atoms with Crippen LogP contribution in [0.4, 0.5) is 0 Å². The summed E-state index contributed by atoms with van der Waals surface area (Å²) in [6.07, 6.45) is 1.55. The van der Waals surface area contributed by atoms with Gasteiger partial charge in [-0.1, -0.05) is 11.6 Å². The van der Waals surface area contributed by atoms with Crippen LogP contribution in [0.3, 0.4) is 0 Å². The van der Waals surface area contributed by atoms with Gasteiger partial charge < -0.3 is 8.94 Å². The Bertz CT molecular complexity index is 662. The Labute approximate surface area is 100.0 Å². The van der Waals surface area contributed by atoms with Crippen LogP contribution < -0.4 is 0 Å². The van der Waals surface area contributed by atoms with Crippen LogP contribution in [0, 0.1) is 0 Å². The van der Waals surface area contributed by atoms with Crippen molar-refractivity contribution in [1.82, 2.24) is 8.50 Å². The van der Waals surface area contributed by atoms with Crippen molar-refractivity contribution in [2.24, 2.45) is 7.05 Å². The second-order valence-corrected chi connectivity index (χ2v) is 4.59. The zero-order valence-electron chi connectivity index (χ0n) is 8.31. The third-order valence-corrected chi connectivity index (χ3v) is 3.00. The van der Waals surface area contributed by atoms with Gasteiger partial charge in [-0.15, -0.1) is 4.13 Å². The molecule has 0 unspecified atom stereocenters. The number of aromatic nitrogens is 2. The van der Waals surface area contributed by atoms with Gasteiger partial charge in [0, 0.05) is 10.4 Å². The highest BCUT2D eigenvalue weighted by atomic mass is 35.5. The normalized spacial score (nSPS) is 11.1. The van der Waals surface area contributed by atoms with Crippen molar-refractivity contribution in [3.63, 3.8) is 0 Å². The molecule has 0 radical (unpaired) electrons. The van der Waals surface area contributed by atoms with Crippen LogP contribution in [-0.4, -0.2) is 8.50 Å². The first-order valence-corrected chi connectivity index (χ1v) is 5.69. The number of fused-ring (bicyclic) bond motifs is 3. The van der Waals surface area contributed by atoms with Crippen LogP contribution in [0.5, 0.6) is 0 Å². The van der Waals surface area contributed by atoms with Gasteiger partial charge in [0.25, 0.3) is 0 Å². The summed E-state index contributed by atoms with van der Waals surface area (Å²) in [5, 5.41) is 1.50. The van der Waals surface area contributed by atoms with Gasteiger partial charge in [-0.05, 0) is 18.2 Å². The number of hydrogen-bond acceptors (Lipinski definition) is 4. The average molecular weight is 255 g/mol. The molecule has 2 aliphatic rings. The highest BCUT2D eigenvalue weighted by Gasteiger charge is 2.13. The lowest BCUT2D eigenvalue weighted by Gasteiger charge is -2.07. The summed E-state index contributed by atoms with van der Waals surface area (Å²) < 4.78 is 16.8. The Morgan fingerprint density at radius 1 is 1.44 bits per heavy atom. The average Bonchev–Trinajstić information content (AvgIpc) is 2.28. The van der Waals surface area contributed by atoms with Crippen molar-refractivity contribution < 1.29 is 8.94 Å². The van der Waals surface area contributed by atoms with E-state index in [2.05, 4.69) is 4.37 Å². The van der Waals surface area contributed by atoms with Crippen LogP contribution in [-0.2, 0) is 7.05 Å². The molecular weight excluding hydrogens is 248 g/mol. The van der Waals surface area contributed by atoms with E-state index in [9.17, 15) is 0 Å². The van der Waals surface area contributed by atoms with Crippen molar-refractivity contribution in [3.8, 4) is 11.5 Å². The van der Waals surface area contributed by atoms with E-state index >= 15 is 0 Å². The lowest BCUT2D eigenvalue weighted by atomic mass is 10.2. The van der Waals surface area contributed by atoms with E-state index < -0.39 is 0 Å². The van der Waals surface area contributed by atoms with Crippen LogP contribution in [0.15, 0.2) is 33.4 Å². The lowest BCUT2D eigenvalue weighted by Crippen LogP contribution is -1.93.